The van der Waals surface area contributed by atoms with E-state index in [1.165, 1.54) is 0 Å². The average molecular weight is 294 g/mol. The zero-order valence-electron chi connectivity index (χ0n) is 12.1. The Hall–Kier alpha value is -1.81. The molecule has 0 fully saturated rings. The maximum Gasteiger partial charge on any atom is 0.135 e. The molecule has 0 heterocycles. The SMILES string of the molecule is CC(C)(C)c1ccccc1C(O)c1c(F)cc(F)cc1F. The highest BCUT2D eigenvalue weighted by Crippen LogP contribution is 2.34. The molecule has 0 amide bonds. The molecule has 21 heavy (non-hydrogen) atoms. The minimum atomic E-state index is -1.49. The van der Waals surface area contributed by atoms with E-state index >= 15 is 0 Å². The van der Waals surface area contributed by atoms with Crippen molar-refractivity contribution < 1.29 is 18.3 Å². The molecule has 0 bridgehead atoms. The van der Waals surface area contributed by atoms with Crippen molar-refractivity contribution in [1.29, 1.82) is 0 Å². The molecule has 0 aromatic heterocycles. The number of aliphatic hydroxyl groups is 1. The predicted octanol–water partition coefficient (Wildman–Crippen LogP) is 4.48. The summed E-state index contributed by atoms with van der Waals surface area (Å²) in [7, 11) is 0. The zero-order chi connectivity index (χ0) is 15.8. The van der Waals surface area contributed by atoms with Gasteiger partial charge in [0.25, 0.3) is 0 Å². The van der Waals surface area contributed by atoms with Gasteiger partial charge in [-0.25, -0.2) is 13.2 Å². The highest BCUT2D eigenvalue weighted by molar-refractivity contribution is 5.40. The van der Waals surface area contributed by atoms with Crippen LogP contribution in [-0.4, -0.2) is 5.11 Å². The van der Waals surface area contributed by atoms with Crippen LogP contribution in [-0.2, 0) is 5.41 Å². The van der Waals surface area contributed by atoms with Crippen LogP contribution in [0.1, 0.15) is 43.6 Å². The van der Waals surface area contributed by atoms with Gasteiger partial charge in [0, 0.05) is 12.1 Å². The first-order valence-electron chi connectivity index (χ1n) is 6.63. The highest BCUT2D eigenvalue weighted by Gasteiger charge is 2.26. The Kier molecular flexibility index (Phi) is 4.10. The molecule has 2 aromatic rings. The van der Waals surface area contributed by atoms with Crippen LogP contribution in [0, 0.1) is 17.5 Å². The van der Waals surface area contributed by atoms with Gasteiger partial charge in [-0.3, -0.25) is 0 Å². The van der Waals surface area contributed by atoms with Crippen LogP contribution in [0.2, 0.25) is 0 Å². The van der Waals surface area contributed by atoms with Gasteiger partial charge in [0.05, 0.1) is 5.56 Å². The number of hydrogen-bond acceptors (Lipinski definition) is 1. The molecule has 2 rings (SSSR count). The zero-order valence-corrected chi connectivity index (χ0v) is 12.1. The van der Waals surface area contributed by atoms with Crippen molar-refractivity contribution in [3.05, 3.63) is 70.5 Å². The Morgan fingerprint density at radius 2 is 1.48 bits per heavy atom. The molecule has 0 aliphatic carbocycles. The maximum atomic E-state index is 13.8. The van der Waals surface area contributed by atoms with Crippen LogP contribution in [0.4, 0.5) is 13.2 Å². The fourth-order valence-electron chi connectivity index (χ4n) is 2.39. The molecule has 2 aromatic carbocycles. The second kappa shape index (κ2) is 5.53. The van der Waals surface area contributed by atoms with Crippen molar-refractivity contribution in [2.75, 3.05) is 0 Å². The molecule has 1 atom stereocenters. The lowest BCUT2D eigenvalue weighted by Gasteiger charge is -2.25. The summed E-state index contributed by atoms with van der Waals surface area (Å²) in [4.78, 5) is 0. The second-order valence-corrected chi connectivity index (χ2v) is 6.02. The van der Waals surface area contributed by atoms with Gasteiger partial charge in [-0.05, 0) is 16.5 Å². The van der Waals surface area contributed by atoms with Crippen LogP contribution in [0.3, 0.4) is 0 Å². The summed E-state index contributed by atoms with van der Waals surface area (Å²) in [5, 5.41) is 10.4. The summed E-state index contributed by atoms with van der Waals surface area (Å²) in [6.07, 6.45) is -1.49. The van der Waals surface area contributed by atoms with E-state index in [4.69, 9.17) is 0 Å². The lowest BCUT2D eigenvalue weighted by molar-refractivity contribution is 0.206. The molecule has 0 spiro atoms. The number of benzene rings is 2. The topological polar surface area (TPSA) is 20.2 Å². The largest absolute Gasteiger partial charge is 0.383 e. The quantitative estimate of drug-likeness (QED) is 0.865. The molecule has 1 nitrogen and oxygen atoms in total. The van der Waals surface area contributed by atoms with Crippen molar-refractivity contribution in [2.45, 2.75) is 32.3 Å². The molecule has 112 valence electrons. The van der Waals surface area contributed by atoms with Crippen molar-refractivity contribution in [3.8, 4) is 0 Å². The molecule has 1 N–H and O–H groups in total. The highest BCUT2D eigenvalue weighted by atomic mass is 19.1. The van der Waals surface area contributed by atoms with Crippen molar-refractivity contribution in [2.24, 2.45) is 0 Å². The Morgan fingerprint density at radius 1 is 0.952 bits per heavy atom. The number of rotatable bonds is 2. The third-order valence-electron chi connectivity index (χ3n) is 3.38. The van der Waals surface area contributed by atoms with Gasteiger partial charge in [-0.2, -0.15) is 0 Å². The predicted molar refractivity (Wildman–Crippen MR) is 75.5 cm³/mol. The van der Waals surface area contributed by atoms with Gasteiger partial charge in [-0.15, -0.1) is 0 Å². The summed E-state index contributed by atoms with van der Waals surface area (Å²) < 4.78 is 40.7. The lowest BCUT2D eigenvalue weighted by atomic mass is 9.81. The number of aliphatic hydroxyl groups excluding tert-OH is 1. The summed E-state index contributed by atoms with van der Waals surface area (Å²) in [6.45, 7) is 5.82. The fraction of sp³-hybridized carbons (Fsp3) is 0.294. The first kappa shape index (κ1) is 15.6. The minimum absolute atomic E-state index is 0.301. The Balaban J connectivity index is 2.59. The molecule has 4 heteroatoms. The standard InChI is InChI=1S/C17H17F3O/c1-17(2,3)12-7-5-4-6-11(12)16(21)15-13(19)8-10(18)9-14(15)20/h4-9,16,21H,1-3H3. The second-order valence-electron chi connectivity index (χ2n) is 6.02. The van der Waals surface area contributed by atoms with E-state index in [9.17, 15) is 18.3 Å². The molecular weight excluding hydrogens is 277 g/mol. The molecular formula is C17H17F3O. The Labute approximate surface area is 122 Å². The molecule has 0 saturated heterocycles. The van der Waals surface area contributed by atoms with E-state index in [1.54, 1.807) is 24.3 Å². The summed E-state index contributed by atoms with van der Waals surface area (Å²) in [5.74, 6) is -3.20. The fourth-order valence-corrected chi connectivity index (χ4v) is 2.39. The molecule has 0 aliphatic heterocycles. The Bertz CT molecular complexity index is 636. The summed E-state index contributed by atoms with van der Waals surface area (Å²) in [6, 6.07) is 8.05. The van der Waals surface area contributed by atoms with E-state index < -0.39 is 29.1 Å². The normalized spacial score (nSPS) is 13.3. The van der Waals surface area contributed by atoms with Crippen molar-refractivity contribution in [1.82, 2.24) is 0 Å². The monoisotopic (exact) mass is 294 g/mol. The van der Waals surface area contributed by atoms with Gasteiger partial charge in [0.2, 0.25) is 0 Å². The van der Waals surface area contributed by atoms with Crippen LogP contribution in [0.25, 0.3) is 0 Å². The van der Waals surface area contributed by atoms with E-state index in [-0.39, 0.29) is 5.41 Å². The van der Waals surface area contributed by atoms with Crippen LogP contribution >= 0.6 is 0 Å². The van der Waals surface area contributed by atoms with E-state index in [2.05, 4.69) is 0 Å². The van der Waals surface area contributed by atoms with Gasteiger partial charge < -0.3 is 5.11 Å². The Morgan fingerprint density at radius 3 is 2.00 bits per heavy atom. The average Bonchev–Trinajstić information content (AvgIpc) is 2.36. The maximum absolute atomic E-state index is 13.8. The molecule has 0 saturated carbocycles. The number of halogens is 3. The van der Waals surface area contributed by atoms with Gasteiger partial charge >= 0.3 is 0 Å². The van der Waals surface area contributed by atoms with Crippen LogP contribution < -0.4 is 0 Å². The van der Waals surface area contributed by atoms with Gasteiger partial charge in [0.15, 0.2) is 0 Å². The van der Waals surface area contributed by atoms with Crippen molar-refractivity contribution >= 4 is 0 Å². The molecule has 0 radical (unpaired) electrons. The molecule has 0 aliphatic rings. The van der Waals surface area contributed by atoms with E-state index in [0.717, 1.165) is 5.56 Å². The third-order valence-corrected chi connectivity index (χ3v) is 3.38. The van der Waals surface area contributed by atoms with Crippen molar-refractivity contribution in [3.63, 3.8) is 0 Å². The third kappa shape index (κ3) is 3.10. The minimum Gasteiger partial charge on any atom is -0.383 e. The molecule has 1 unspecified atom stereocenters. The summed E-state index contributed by atoms with van der Waals surface area (Å²) >= 11 is 0. The first-order chi connectivity index (χ1) is 9.71. The van der Waals surface area contributed by atoms with Gasteiger partial charge in [-0.1, -0.05) is 45.0 Å². The van der Waals surface area contributed by atoms with Crippen LogP contribution in [0.15, 0.2) is 36.4 Å². The van der Waals surface area contributed by atoms with Crippen LogP contribution in [0.5, 0.6) is 0 Å². The van der Waals surface area contributed by atoms with Gasteiger partial charge in [0.1, 0.15) is 23.6 Å². The van der Waals surface area contributed by atoms with E-state index in [0.29, 0.717) is 17.7 Å². The number of hydrogen-bond donors (Lipinski definition) is 1. The first-order valence-corrected chi connectivity index (χ1v) is 6.63. The summed E-state index contributed by atoms with van der Waals surface area (Å²) in [5.41, 5.74) is 0.355. The van der Waals surface area contributed by atoms with E-state index in [1.807, 2.05) is 20.8 Å². The smallest absolute Gasteiger partial charge is 0.135 e. The lowest BCUT2D eigenvalue weighted by Crippen LogP contribution is -2.17.